The lowest BCUT2D eigenvalue weighted by Crippen LogP contribution is -2.20. The molecule has 3 heteroatoms. The van der Waals surface area contributed by atoms with Crippen LogP contribution in [0.1, 0.15) is 80.2 Å². The second-order valence-corrected chi connectivity index (χ2v) is 8.61. The molecule has 1 aliphatic carbocycles. The van der Waals surface area contributed by atoms with Gasteiger partial charge in [0.05, 0.1) is 11.7 Å². The van der Waals surface area contributed by atoms with Gasteiger partial charge in [-0.1, -0.05) is 66.8 Å². The zero-order chi connectivity index (χ0) is 22.3. The van der Waals surface area contributed by atoms with Crippen molar-refractivity contribution in [3.63, 3.8) is 0 Å². The van der Waals surface area contributed by atoms with E-state index in [-0.39, 0.29) is 5.56 Å². The average molecular weight is 425 g/mol. The normalized spacial score (nSPS) is 20.6. The largest absolute Gasteiger partial charge is 0.383 e. The third-order valence-corrected chi connectivity index (χ3v) is 6.37. The summed E-state index contributed by atoms with van der Waals surface area (Å²) in [6, 6.07) is 14.4. The van der Waals surface area contributed by atoms with E-state index in [0.29, 0.717) is 11.8 Å². The van der Waals surface area contributed by atoms with Crippen LogP contribution < -0.4 is 0 Å². The average Bonchev–Trinajstić information content (AvgIpc) is 2.78. The van der Waals surface area contributed by atoms with Gasteiger partial charge < -0.3 is 4.74 Å². The number of ether oxygens (including phenoxy) is 1. The van der Waals surface area contributed by atoms with E-state index >= 15 is 0 Å². The maximum absolute atomic E-state index is 14.8. The monoisotopic (exact) mass is 424 g/mol. The van der Waals surface area contributed by atoms with Gasteiger partial charge in [0.25, 0.3) is 0 Å². The number of aryl methyl sites for hydroxylation is 1. The Balaban J connectivity index is 1.60. The van der Waals surface area contributed by atoms with Gasteiger partial charge in [0.1, 0.15) is 0 Å². The second kappa shape index (κ2) is 10.9. The maximum atomic E-state index is 14.8. The first-order chi connectivity index (χ1) is 14.9. The van der Waals surface area contributed by atoms with Gasteiger partial charge in [-0.25, -0.2) is 0 Å². The third-order valence-electron chi connectivity index (χ3n) is 6.37. The molecule has 0 spiro atoms. The molecule has 3 rings (SSSR count). The minimum absolute atomic E-state index is 0.0895. The number of halogens is 2. The Kier molecular flexibility index (Phi) is 8.20. The highest BCUT2D eigenvalue weighted by molar-refractivity contribution is 5.28. The van der Waals surface area contributed by atoms with Gasteiger partial charge in [0.2, 0.25) is 0 Å². The molecular formula is C28H34F2O. The Morgan fingerprint density at radius 3 is 2.26 bits per heavy atom. The first kappa shape index (κ1) is 23.4. The highest BCUT2D eigenvalue weighted by Crippen LogP contribution is 2.39. The zero-order valence-electron chi connectivity index (χ0n) is 18.7. The van der Waals surface area contributed by atoms with Crippen LogP contribution in [0.15, 0.2) is 73.3 Å². The molecule has 1 unspecified atom stereocenters. The van der Waals surface area contributed by atoms with Gasteiger partial charge >= 0.3 is 6.11 Å². The fourth-order valence-electron chi connectivity index (χ4n) is 4.45. The SMILES string of the molecule is C=CCCc1ccc(C(C)OC(F)(F)c2ccc(C3CCC(/C=C/C)CC3)cc2)cc1. The van der Waals surface area contributed by atoms with Gasteiger partial charge in [-0.05, 0) is 80.9 Å². The van der Waals surface area contributed by atoms with Crippen molar-refractivity contribution >= 4 is 0 Å². The lowest BCUT2D eigenvalue weighted by Gasteiger charge is -2.27. The Labute approximate surface area is 185 Å². The van der Waals surface area contributed by atoms with Crippen LogP contribution in [0.3, 0.4) is 0 Å². The third kappa shape index (κ3) is 6.36. The summed E-state index contributed by atoms with van der Waals surface area (Å²) < 4.78 is 34.8. The number of alkyl halides is 2. The predicted octanol–water partition coefficient (Wildman–Crippen LogP) is 8.48. The molecule has 0 saturated heterocycles. The quantitative estimate of drug-likeness (QED) is 0.367. The molecule has 1 aliphatic rings. The van der Waals surface area contributed by atoms with Crippen LogP contribution in [0.5, 0.6) is 0 Å². The molecule has 0 heterocycles. The highest BCUT2D eigenvalue weighted by atomic mass is 19.3. The van der Waals surface area contributed by atoms with Crippen LogP contribution in [-0.2, 0) is 17.3 Å². The molecule has 0 radical (unpaired) electrons. The van der Waals surface area contributed by atoms with Crippen molar-refractivity contribution < 1.29 is 13.5 Å². The van der Waals surface area contributed by atoms with Crippen molar-refractivity contribution in [2.45, 2.75) is 70.5 Å². The minimum Gasteiger partial charge on any atom is -0.309 e. The first-order valence-corrected chi connectivity index (χ1v) is 11.4. The standard InChI is InChI=1S/C28H34F2O/c1-4-6-8-23-9-13-24(14-10-23)21(3)31-28(29,30)27-19-17-26(18-20-27)25-15-11-22(7-5-2)12-16-25/h4-5,7,9-10,13-14,17-22,25H,1,6,8,11-12,15-16H2,2-3H3/b7-5+. The highest BCUT2D eigenvalue weighted by Gasteiger charge is 2.35. The Morgan fingerprint density at radius 2 is 1.68 bits per heavy atom. The molecule has 0 aromatic heterocycles. The van der Waals surface area contributed by atoms with Crippen LogP contribution in [0.4, 0.5) is 8.78 Å². The van der Waals surface area contributed by atoms with E-state index in [0.717, 1.165) is 42.4 Å². The van der Waals surface area contributed by atoms with Gasteiger partial charge in [-0.3, -0.25) is 0 Å². The molecule has 2 aromatic rings. The van der Waals surface area contributed by atoms with E-state index in [1.54, 1.807) is 6.92 Å². The fourth-order valence-corrected chi connectivity index (χ4v) is 4.45. The van der Waals surface area contributed by atoms with Crippen molar-refractivity contribution in [3.05, 3.63) is 95.6 Å². The number of benzene rings is 2. The Morgan fingerprint density at radius 1 is 1.03 bits per heavy atom. The van der Waals surface area contributed by atoms with E-state index < -0.39 is 12.2 Å². The molecule has 166 valence electrons. The molecule has 1 nitrogen and oxygen atoms in total. The van der Waals surface area contributed by atoms with Crippen LogP contribution >= 0.6 is 0 Å². The lowest BCUT2D eigenvalue weighted by atomic mass is 9.78. The first-order valence-electron chi connectivity index (χ1n) is 11.4. The van der Waals surface area contributed by atoms with Crippen molar-refractivity contribution in [3.8, 4) is 0 Å². The van der Waals surface area contributed by atoms with Gasteiger partial charge in [0, 0.05) is 0 Å². The molecule has 2 aromatic carbocycles. The van der Waals surface area contributed by atoms with Crippen molar-refractivity contribution in [2.75, 3.05) is 0 Å². The summed E-state index contributed by atoms with van der Waals surface area (Å²) in [6.07, 6.45) is 8.61. The molecular weight excluding hydrogens is 390 g/mol. The molecule has 0 N–H and O–H groups in total. The number of hydrogen-bond donors (Lipinski definition) is 0. The van der Waals surface area contributed by atoms with E-state index in [1.807, 2.05) is 42.5 Å². The van der Waals surface area contributed by atoms with Crippen molar-refractivity contribution in [2.24, 2.45) is 5.92 Å². The number of hydrogen-bond acceptors (Lipinski definition) is 1. The molecule has 31 heavy (non-hydrogen) atoms. The second-order valence-electron chi connectivity index (χ2n) is 8.61. The summed E-state index contributed by atoms with van der Waals surface area (Å²) in [6.45, 7) is 7.46. The Hall–Kier alpha value is -2.26. The summed E-state index contributed by atoms with van der Waals surface area (Å²) in [4.78, 5) is 0. The summed E-state index contributed by atoms with van der Waals surface area (Å²) in [5.74, 6) is 1.12. The van der Waals surface area contributed by atoms with Gasteiger partial charge in [-0.2, -0.15) is 8.78 Å². The molecule has 0 amide bonds. The predicted molar refractivity (Wildman–Crippen MR) is 124 cm³/mol. The van der Waals surface area contributed by atoms with E-state index in [2.05, 4.69) is 25.7 Å². The van der Waals surface area contributed by atoms with Gasteiger partial charge in [-0.15, -0.1) is 6.58 Å². The van der Waals surface area contributed by atoms with Crippen molar-refractivity contribution in [1.29, 1.82) is 0 Å². The van der Waals surface area contributed by atoms with E-state index in [4.69, 9.17) is 4.74 Å². The fraction of sp³-hybridized carbons (Fsp3) is 0.429. The molecule has 1 atom stereocenters. The van der Waals surface area contributed by atoms with Crippen LogP contribution in [0, 0.1) is 5.92 Å². The number of rotatable bonds is 9. The van der Waals surface area contributed by atoms with E-state index in [9.17, 15) is 8.78 Å². The molecule has 0 aliphatic heterocycles. The van der Waals surface area contributed by atoms with Crippen LogP contribution in [0.2, 0.25) is 0 Å². The molecule has 1 fully saturated rings. The topological polar surface area (TPSA) is 9.23 Å². The number of allylic oxidation sites excluding steroid dienone is 3. The summed E-state index contributed by atoms with van der Waals surface area (Å²) in [7, 11) is 0. The van der Waals surface area contributed by atoms with Crippen molar-refractivity contribution in [1.82, 2.24) is 0 Å². The van der Waals surface area contributed by atoms with Crippen LogP contribution in [0.25, 0.3) is 0 Å². The zero-order valence-corrected chi connectivity index (χ0v) is 18.7. The molecule has 1 saturated carbocycles. The summed E-state index contributed by atoms with van der Waals surface area (Å²) in [5.41, 5.74) is 2.98. The molecule has 0 bridgehead atoms. The maximum Gasteiger partial charge on any atom is 0.383 e. The Bertz CT molecular complexity index is 844. The lowest BCUT2D eigenvalue weighted by molar-refractivity contribution is -0.272. The summed E-state index contributed by atoms with van der Waals surface area (Å²) >= 11 is 0. The minimum atomic E-state index is -3.33. The smallest absolute Gasteiger partial charge is 0.309 e. The van der Waals surface area contributed by atoms with Gasteiger partial charge in [0.15, 0.2) is 0 Å². The van der Waals surface area contributed by atoms with Crippen LogP contribution in [-0.4, -0.2) is 0 Å². The summed E-state index contributed by atoms with van der Waals surface area (Å²) in [5, 5.41) is 0. The van der Waals surface area contributed by atoms with E-state index in [1.165, 1.54) is 25.0 Å².